The number of carbonyl (C=O) groups is 2. The zero-order chi connectivity index (χ0) is 20.6. The Balaban J connectivity index is 1.45. The molecule has 1 N–H and O–H groups in total. The first-order chi connectivity index (χ1) is 14.1. The third-order valence-corrected chi connectivity index (χ3v) is 6.33. The molecule has 0 radical (unpaired) electrons. The largest absolute Gasteiger partial charge is 0.496 e. The van der Waals surface area contributed by atoms with E-state index in [0.29, 0.717) is 33.1 Å². The topological polar surface area (TPSA) is 71.5 Å². The normalized spacial score (nSPS) is 15.2. The van der Waals surface area contributed by atoms with Gasteiger partial charge in [-0.25, -0.2) is 4.98 Å². The van der Waals surface area contributed by atoms with Crippen molar-refractivity contribution in [3.05, 3.63) is 46.3 Å². The number of anilines is 1. The second kappa shape index (κ2) is 10.5. The van der Waals surface area contributed by atoms with Crippen LogP contribution in [0.4, 0.5) is 5.13 Å². The van der Waals surface area contributed by atoms with Crippen LogP contribution in [0.1, 0.15) is 31.2 Å². The summed E-state index contributed by atoms with van der Waals surface area (Å²) in [5.74, 6) is 0.603. The Bertz CT molecular complexity index is 913. The number of unbranched alkanes of at least 4 members (excludes halogenated alkanes) is 2. The van der Waals surface area contributed by atoms with E-state index >= 15 is 0 Å². The number of nitrogens with one attached hydrogen (secondary N) is 1. The first kappa shape index (κ1) is 21.5. The van der Waals surface area contributed by atoms with Gasteiger partial charge in [0.1, 0.15) is 10.1 Å². The van der Waals surface area contributed by atoms with Crippen LogP contribution < -0.4 is 10.1 Å². The molecule has 2 aromatic rings. The predicted octanol–water partition coefficient (Wildman–Crippen LogP) is 4.55. The quantitative estimate of drug-likeness (QED) is 0.345. The van der Waals surface area contributed by atoms with Crippen LogP contribution in [0.15, 0.2) is 40.7 Å². The van der Waals surface area contributed by atoms with Gasteiger partial charge < -0.3 is 10.1 Å². The second-order valence-electron chi connectivity index (χ2n) is 6.27. The van der Waals surface area contributed by atoms with Crippen molar-refractivity contribution >= 4 is 62.7 Å². The maximum absolute atomic E-state index is 12.7. The molecule has 2 heterocycles. The van der Waals surface area contributed by atoms with Crippen molar-refractivity contribution < 1.29 is 14.3 Å². The average molecular weight is 448 g/mol. The molecule has 2 amide bonds. The number of rotatable bonds is 9. The minimum Gasteiger partial charge on any atom is -0.496 e. The molecule has 0 spiro atoms. The highest BCUT2D eigenvalue weighted by molar-refractivity contribution is 8.26. The van der Waals surface area contributed by atoms with E-state index in [2.05, 4.69) is 10.3 Å². The van der Waals surface area contributed by atoms with Gasteiger partial charge in [0.2, 0.25) is 5.91 Å². The monoisotopic (exact) mass is 447 g/mol. The Hall–Kier alpha value is -2.23. The molecule has 0 aliphatic carbocycles. The summed E-state index contributed by atoms with van der Waals surface area (Å²) < 4.78 is 5.91. The number of hydrogen-bond acceptors (Lipinski definition) is 7. The SMILES string of the molecule is COc1ccccc1/C=C1\SC(=S)N(CCCCCC(=O)Nc2nccs2)C1=O. The number of methoxy groups -OCH3 is 1. The van der Waals surface area contributed by atoms with E-state index in [4.69, 9.17) is 17.0 Å². The van der Waals surface area contributed by atoms with Gasteiger partial charge in [-0.2, -0.15) is 0 Å². The van der Waals surface area contributed by atoms with E-state index in [-0.39, 0.29) is 11.8 Å². The van der Waals surface area contributed by atoms with Crippen molar-refractivity contribution in [2.24, 2.45) is 0 Å². The lowest BCUT2D eigenvalue weighted by Gasteiger charge is -2.14. The highest BCUT2D eigenvalue weighted by Gasteiger charge is 2.31. The maximum atomic E-state index is 12.7. The van der Waals surface area contributed by atoms with Crippen molar-refractivity contribution in [3.63, 3.8) is 0 Å². The minimum absolute atomic E-state index is 0.0368. The van der Waals surface area contributed by atoms with E-state index < -0.39 is 0 Å². The Kier molecular flexibility index (Phi) is 7.79. The molecular weight excluding hydrogens is 426 g/mol. The predicted molar refractivity (Wildman–Crippen MR) is 122 cm³/mol. The minimum atomic E-state index is -0.0765. The lowest BCUT2D eigenvalue weighted by atomic mass is 10.1. The molecule has 3 rings (SSSR count). The standard InChI is InChI=1S/C20H21N3O3S3/c1-26-15-8-5-4-7-14(15)13-16-18(25)23(20(27)29-16)11-6-2-3-9-17(24)22-19-21-10-12-28-19/h4-5,7-8,10,12-13H,2-3,6,9,11H2,1H3,(H,21,22,24)/b16-13-. The fourth-order valence-electron chi connectivity index (χ4n) is 2.82. The average Bonchev–Trinajstić information content (AvgIpc) is 3.31. The lowest BCUT2D eigenvalue weighted by Crippen LogP contribution is -2.29. The van der Waals surface area contributed by atoms with Crippen molar-refractivity contribution in [3.8, 4) is 5.75 Å². The molecule has 1 aliphatic rings. The van der Waals surface area contributed by atoms with Crippen LogP contribution in [0.25, 0.3) is 6.08 Å². The van der Waals surface area contributed by atoms with Gasteiger partial charge in [0.25, 0.3) is 5.91 Å². The van der Waals surface area contributed by atoms with Crippen molar-refractivity contribution in [1.82, 2.24) is 9.88 Å². The number of thiazole rings is 1. The number of aromatic nitrogens is 1. The Morgan fingerprint density at radius 3 is 2.90 bits per heavy atom. The number of thioether (sulfide) groups is 1. The summed E-state index contributed by atoms with van der Waals surface area (Å²) >= 11 is 8.09. The van der Waals surface area contributed by atoms with Crippen LogP contribution in [0, 0.1) is 0 Å². The zero-order valence-corrected chi connectivity index (χ0v) is 18.4. The van der Waals surface area contributed by atoms with Gasteiger partial charge in [-0.05, 0) is 25.0 Å². The number of amides is 2. The number of benzene rings is 1. The molecule has 0 atom stereocenters. The zero-order valence-electron chi connectivity index (χ0n) is 15.9. The number of thiocarbonyl (C=S) groups is 1. The molecule has 0 saturated carbocycles. The van der Waals surface area contributed by atoms with Gasteiger partial charge in [-0.15, -0.1) is 11.3 Å². The Morgan fingerprint density at radius 1 is 1.31 bits per heavy atom. The first-order valence-corrected chi connectivity index (χ1v) is 11.3. The summed E-state index contributed by atoms with van der Waals surface area (Å²) in [6.45, 7) is 0.558. The number of carbonyl (C=O) groups excluding carboxylic acids is 2. The van der Waals surface area contributed by atoms with Crippen LogP contribution in [0.3, 0.4) is 0 Å². The number of ether oxygens (including phenoxy) is 1. The Morgan fingerprint density at radius 2 is 2.14 bits per heavy atom. The number of nitrogens with zero attached hydrogens (tertiary/aromatic N) is 2. The fourth-order valence-corrected chi connectivity index (χ4v) is 4.66. The molecule has 152 valence electrons. The maximum Gasteiger partial charge on any atom is 0.266 e. The summed E-state index contributed by atoms with van der Waals surface area (Å²) in [4.78, 5) is 30.8. The van der Waals surface area contributed by atoms with Gasteiger partial charge in [-0.1, -0.05) is 48.6 Å². The fraction of sp³-hybridized carbons (Fsp3) is 0.300. The van der Waals surface area contributed by atoms with Gasteiger partial charge in [0.05, 0.1) is 12.0 Å². The van der Waals surface area contributed by atoms with Crippen LogP contribution in [0.5, 0.6) is 5.75 Å². The molecule has 1 aliphatic heterocycles. The number of para-hydroxylation sites is 1. The van der Waals surface area contributed by atoms with Gasteiger partial charge in [0.15, 0.2) is 5.13 Å². The molecule has 9 heteroatoms. The smallest absolute Gasteiger partial charge is 0.266 e. The van der Waals surface area contributed by atoms with Crippen molar-refractivity contribution in [2.45, 2.75) is 25.7 Å². The molecule has 1 aromatic heterocycles. The van der Waals surface area contributed by atoms with Crippen LogP contribution >= 0.6 is 35.3 Å². The van der Waals surface area contributed by atoms with E-state index in [1.54, 1.807) is 18.2 Å². The molecule has 29 heavy (non-hydrogen) atoms. The van der Waals surface area contributed by atoms with Gasteiger partial charge in [-0.3, -0.25) is 14.5 Å². The summed E-state index contributed by atoms with van der Waals surface area (Å²) in [6, 6.07) is 7.55. The van der Waals surface area contributed by atoms with E-state index in [9.17, 15) is 9.59 Å². The first-order valence-electron chi connectivity index (χ1n) is 9.16. The molecule has 1 fully saturated rings. The molecule has 0 bridgehead atoms. The van der Waals surface area contributed by atoms with Gasteiger partial charge in [0, 0.05) is 30.1 Å². The van der Waals surface area contributed by atoms with Crippen LogP contribution in [-0.2, 0) is 9.59 Å². The highest BCUT2D eigenvalue weighted by Crippen LogP contribution is 2.34. The molecule has 0 unspecified atom stereocenters. The van der Waals surface area contributed by atoms with Crippen LogP contribution in [-0.4, -0.2) is 39.7 Å². The molecule has 1 saturated heterocycles. The second-order valence-corrected chi connectivity index (χ2v) is 8.84. The summed E-state index contributed by atoms with van der Waals surface area (Å²) in [5, 5.41) is 5.21. The van der Waals surface area contributed by atoms with Gasteiger partial charge >= 0.3 is 0 Å². The third kappa shape index (κ3) is 5.88. The van der Waals surface area contributed by atoms with E-state index in [1.165, 1.54) is 23.1 Å². The molecule has 6 nitrogen and oxygen atoms in total. The summed E-state index contributed by atoms with van der Waals surface area (Å²) in [5.41, 5.74) is 0.849. The highest BCUT2D eigenvalue weighted by atomic mass is 32.2. The molecule has 1 aromatic carbocycles. The summed E-state index contributed by atoms with van der Waals surface area (Å²) in [7, 11) is 1.61. The summed E-state index contributed by atoms with van der Waals surface area (Å²) in [6.07, 6.45) is 6.30. The number of hydrogen-bond donors (Lipinski definition) is 1. The van der Waals surface area contributed by atoms with E-state index in [0.717, 1.165) is 24.8 Å². The van der Waals surface area contributed by atoms with Crippen LogP contribution in [0.2, 0.25) is 0 Å². The third-order valence-electron chi connectivity index (χ3n) is 4.26. The Labute approximate surface area is 183 Å². The lowest BCUT2D eigenvalue weighted by molar-refractivity contribution is -0.122. The van der Waals surface area contributed by atoms with E-state index in [1.807, 2.05) is 35.7 Å². The van der Waals surface area contributed by atoms with Crippen molar-refractivity contribution in [2.75, 3.05) is 19.0 Å². The van der Waals surface area contributed by atoms with Crippen molar-refractivity contribution in [1.29, 1.82) is 0 Å². The molecular formula is C20H21N3O3S3.